The lowest BCUT2D eigenvalue weighted by Crippen LogP contribution is -2.35. The van der Waals surface area contributed by atoms with Crippen molar-refractivity contribution in [3.63, 3.8) is 0 Å². The third kappa shape index (κ3) is 3.32. The van der Waals surface area contributed by atoms with Crippen LogP contribution in [0.4, 0.5) is 0 Å². The van der Waals surface area contributed by atoms with Crippen molar-refractivity contribution in [2.45, 2.75) is 51.1 Å². The fourth-order valence-electron chi connectivity index (χ4n) is 2.93. The minimum Gasteiger partial charge on any atom is -0.493 e. The Morgan fingerprint density at radius 2 is 2.21 bits per heavy atom. The Morgan fingerprint density at radius 3 is 2.95 bits per heavy atom. The Bertz CT molecular complexity index is 444. The van der Waals surface area contributed by atoms with Gasteiger partial charge in [0, 0.05) is 28.5 Å². The predicted molar refractivity (Wildman–Crippen MR) is 81.6 cm³/mol. The standard InChI is InChI=1S/C16H22BrNO/c1-2-13(9-11-3-4-11)18-15-7-8-19-16-6-5-12(17)10-14(15)16/h5-6,10-11,13,15,18H,2-4,7-9H2,1H3. The van der Waals surface area contributed by atoms with Crippen LogP contribution in [-0.4, -0.2) is 12.6 Å². The van der Waals surface area contributed by atoms with Gasteiger partial charge in [0.05, 0.1) is 6.61 Å². The van der Waals surface area contributed by atoms with Gasteiger partial charge in [-0.2, -0.15) is 0 Å². The molecule has 1 N–H and O–H groups in total. The average molecular weight is 324 g/mol. The number of benzene rings is 1. The molecule has 1 aromatic carbocycles. The molecule has 1 heterocycles. The first-order valence-corrected chi connectivity index (χ1v) is 8.24. The summed E-state index contributed by atoms with van der Waals surface area (Å²) in [4.78, 5) is 0. The number of hydrogen-bond acceptors (Lipinski definition) is 2. The molecule has 3 heteroatoms. The topological polar surface area (TPSA) is 21.3 Å². The monoisotopic (exact) mass is 323 g/mol. The largest absolute Gasteiger partial charge is 0.493 e. The minimum absolute atomic E-state index is 0.449. The number of nitrogens with one attached hydrogen (secondary N) is 1. The highest BCUT2D eigenvalue weighted by Crippen LogP contribution is 2.37. The van der Waals surface area contributed by atoms with Gasteiger partial charge in [0.1, 0.15) is 5.75 Å². The number of ether oxygens (including phenoxy) is 1. The zero-order chi connectivity index (χ0) is 13.2. The highest BCUT2D eigenvalue weighted by Gasteiger charge is 2.28. The summed E-state index contributed by atoms with van der Waals surface area (Å²) in [6, 6.07) is 7.45. The summed E-state index contributed by atoms with van der Waals surface area (Å²) in [7, 11) is 0. The van der Waals surface area contributed by atoms with Gasteiger partial charge < -0.3 is 10.1 Å². The van der Waals surface area contributed by atoms with E-state index in [1.54, 1.807) is 0 Å². The Hall–Kier alpha value is -0.540. The van der Waals surface area contributed by atoms with Crippen molar-refractivity contribution in [2.24, 2.45) is 5.92 Å². The van der Waals surface area contributed by atoms with Crippen LogP contribution in [0.5, 0.6) is 5.75 Å². The molecular weight excluding hydrogens is 302 g/mol. The third-order valence-electron chi connectivity index (χ3n) is 4.26. The summed E-state index contributed by atoms with van der Waals surface area (Å²) in [5.74, 6) is 2.03. The fraction of sp³-hybridized carbons (Fsp3) is 0.625. The van der Waals surface area contributed by atoms with E-state index in [0.29, 0.717) is 12.1 Å². The maximum Gasteiger partial charge on any atom is 0.124 e. The minimum atomic E-state index is 0.449. The van der Waals surface area contributed by atoms with Gasteiger partial charge in [-0.05, 0) is 37.0 Å². The highest BCUT2D eigenvalue weighted by atomic mass is 79.9. The van der Waals surface area contributed by atoms with E-state index in [0.717, 1.165) is 29.2 Å². The first-order valence-electron chi connectivity index (χ1n) is 7.44. The number of hydrogen-bond donors (Lipinski definition) is 1. The van der Waals surface area contributed by atoms with Crippen LogP contribution in [0.25, 0.3) is 0 Å². The summed E-state index contributed by atoms with van der Waals surface area (Å²) in [5.41, 5.74) is 1.31. The van der Waals surface area contributed by atoms with Crippen molar-refractivity contribution in [1.29, 1.82) is 0 Å². The number of halogens is 1. The molecular formula is C16H22BrNO. The van der Waals surface area contributed by atoms with Crippen LogP contribution in [0.1, 0.15) is 50.6 Å². The summed E-state index contributed by atoms with van der Waals surface area (Å²) in [5, 5.41) is 3.86. The van der Waals surface area contributed by atoms with Crippen molar-refractivity contribution >= 4 is 15.9 Å². The van der Waals surface area contributed by atoms with Crippen LogP contribution in [0, 0.1) is 5.92 Å². The molecule has 0 amide bonds. The Morgan fingerprint density at radius 1 is 1.37 bits per heavy atom. The summed E-state index contributed by atoms with van der Waals surface area (Å²) >= 11 is 3.57. The molecule has 0 aromatic heterocycles. The van der Waals surface area contributed by atoms with Crippen molar-refractivity contribution in [3.05, 3.63) is 28.2 Å². The molecule has 19 heavy (non-hydrogen) atoms. The molecule has 3 rings (SSSR count). The van der Waals surface area contributed by atoms with Crippen LogP contribution in [0.2, 0.25) is 0 Å². The Labute approximate surface area is 124 Å². The molecule has 2 aliphatic rings. The first-order chi connectivity index (χ1) is 9.26. The maximum atomic E-state index is 5.76. The molecule has 0 saturated heterocycles. The lowest BCUT2D eigenvalue weighted by atomic mass is 9.98. The van der Waals surface area contributed by atoms with Crippen molar-refractivity contribution in [1.82, 2.24) is 5.32 Å². The lowest BCUT2D eigenvalue weighted by Gasteiger charge is -2.30. The molecule has 0 bridgehead atoms. The molecule has 2 unspecified atom stereocenters. The Kier molecular flexibility index (Phi) is 4.13. The zero-order valence-corrected chi connectivity index (χ0v) is 13.1. The maximum absolute atomic E-state index is 5.76. The normalized spacial score (nSPS) is 23.6. The van der Waals surface area contributed by atoms with Crippen LogP contribution in [0.15, 0.2) is 22.7 Å². The third-order valence-corrected chi connectivity index (χ3v) is 4.75. The summed E-state index contributed by atoms with van der Waals surface area (Å²) in [6.45, 7) is 3.12. The Balaban J connectivity index is 1.72. The molecule has 1 aromatic rings. The van der Waals surface area contributed by atoms with Crippen LogP contribution in [0.3, 0.4) is 0 Å². The van der Waals surface area contributed by atoms with Crippen molar-refractivity contribution in [2.75, 3.05) is 6.61 Å². The molecule has 2 nitrogen and oxygen atoms in total. The van der Waals surface area contributed by atoms with E-state index in [-0.39, 0.29) is 0 Å². The van der Waals surface area contributed by atoms with Crippen LogP contribution in [-0.2, 0) is 0 Å². The molecule has 1 aliphatic heterocycles. The predicted octanol–water partition coefficient (Wildman–Crippen LogP) is 4.44. The summed E-state index contributed by atoms with van der Waals surface area (Å²) in [6.07, 6.45) is 6.52. The van der Waals surface area contributed by atoms with E-state index in [9.17, 15) is 0 Å². The second kappa shape index (κ2) is 5.84. The SMILES string of the molecule is CCC(CC1CC1)NC1CCOc2ccc(Br)cc21. The molecule has 1 saturated carbocycles. The van der Waals surface area contributed by atoms with Crippen LogP contribution < -0.4 is 10.1 Å². The van der Waals surface area contributed by atoms with Crippen molar-refractivity contribution < 1.29 is 4.74 Å². The number of rotatable bonds is 5. The van der Waals surface area contributed by atoms with Gasteiger partial charge in [-0.25, -0.2) is 0 Å². The zero-order valence-electron chi connectivity index (χ0n) is 11.5. The van der Waals surface area contributed by atoms with Crippen LogP contribution >= 0.6 is 15.9 Å². The van der Waals surface area contributed by atoms with E-state index in [1.165, 1.54) is 31.2 Å². The molecule has 0 radical (unpaired) electrons. The quantitative estimate of drug-likeness (QED) is 0.864. The summed E-state index contributed by atoms with van der Waals surface area (Å²) < 4.78 is 6.89. The van der Waals surface area contributed by atoms with Gasteiger partial charge in [0.15, 0.2) is 0 Å². The van der Waals surface area contributed by atoms with E-state index < -0.39 is 0 Å². The second-order valence-electron chi connectivity index (χ2n) is 5.82. The molecule has 2 atom stereocenters. The van der Waals surface area contributed by atoms with Gasteiger partial charge >= 0.3 is 0 Å². The van der Waals surface area contributed by atoms with Gasteiger partial charge in [-0.15, -0.1) is 0 Å². The van der Waals surface area contributed by atoms with Crippen molar-refractivity contribution in [3.8, 4) is 5.75 Å². The molecule has 1 fully saturated rings. The molecule has 1 aliphatic carbocycles. The van der Waals surface area contributed by atoms with E-state index in [2.05, 4.69) is 46.4 Å². The van der Waals surface area contributed by atoms with Gasteiger partial charge in [0.25, 0.3) is 0 Å². The molecule has 104 valence electrons. The fourth-order valence-corrected chi connectivity index (χ4v) is 3.31. The number of fused-ring (bicyclic) bond motifs is 1. The van der Waals surface area contributed by atoms with E-state index in [1.807, 2.05) is 0 Å². The van der Waals surface area contributed by atoms with E-state index in [4.69, 9.17) is 4.74 Å². The first kappa shape index (κ1) is 13.4. The van der Waals surface area contributed by atoms with Gasteiger partial charge in [-0.3, -0.25) is 0 Å². The smallest absolute Gasteiger partial charge is 0.124 e. The van der Waals surface area contributed by atoms with E-state index >= 15 is 0 Å². The molecule has 0 spiro atoms. The lowest BCUT2D eigenvalue weighted by molar-refractivity contribution is 0.239. The average Bonchev–Trinajstić information content (AvgIpc) is 3.22. The van der Waals surface area contributed by atoms with Gasteiger partial charge in [0.2, 0.25) is 0 Å². The highest BCUT2D eigenvalue weighted by molar-refractivity contribution is 9.10. The second-order valence-corrected chi connectivity index (χ2v) is 6.74. The van der Waals surface area contributed by atoms with Gasteiger partial charge in [-0.1, -0.05) is 35.7 Å².